The number of benzene rings is 2. The number of halogens is 2. The van der Waals surface area contributed by atoms with Gasteiger partial charge in [-0.2, -0.15) is 0 Å². The lowest BCUT2D eigenvalue weighted by Crippen LogP contribution is -2.35. The summed E-state index contributed by atoms with van der Waals surface area (Å²) in [5.41, 5.74) is 2.33. The van der Waals surface area contributed by atoms with Crippen LogP contribution in [0.1, 0.15) is 45.2 Å². The van der Waals surface area contributed by atoms with Gasteiger partial charge in [0.05, 0.1) is 11.0 Å². The number of esters is 1. The van der Waals surface area contributed by atoms with Crippen LogP contribution in [0.3, 0.4) is 0 Å². The lowest BCUT2D eigenvalue weighted by atomic mass is 10.1. The second-order valence-corrected chi connectivity index (χ2v) is 10.2. The van der Waals surface area contributed by atoms with Gasteiger partial charge in [0.1, 0.15) is 18.9 Å². The quantitative estimate of drug-likeness (QED) is 0.219. The summed E-state index contributed by atoms with van der Waals surface area (Å²) in [7, 11) is 0. The van der Waals surface area contributed by atoms with Gasteiger partial charge in [0.2, 0.25) is 0 Å². The first-order valence-corrected chi connectivity index (χ1v) is 13.6. The summed E-state index contributed by atoms with van der Waals surface area (Å²) in [6.07, 6.45) is 1.96. The van der Waals surface area contributed by atoms with E-state index in [1.165, 1.54) is 0 Å². The van der Waals surface area contributed by atoms with E-state index in [4.69, 9.17) is 32.7 Å². The number of imide groups is 1. The molecule has 0 radical (unpaired) electrons. The van der Waals surface area contributed by atoms with Crippen LogP contribution >= 0.6 is 35.0 Å². The lowest BCUT2D eigenvalue weighted by molar-refractivity contribution is -0.150. The molecule has 0 spiro atoms. The van der Waals surface area contributed by atoms with Crippen molar-refractivity contribution >= 4 is 63.8 Å². The molecule has 1 fully saturated rings. The van der Waals surface area contributed by atoms with Gasteiger partial charge in [0.25, 0.3) is 11.1 Å². The van der Waals surface area contributed by atoms with E-state index >= 15 is 0 Å². The molecule has 0 bridgehead atoms. The maximum atomic E-state index is 13.0. The number of hydrogen-bond donors (Lipinski definition) is 0. The van der Waals surface area contributed by atoms with E-state index in [0.717, 1.165) is 41.0 Å². The molecule has 7 nitrogen and oxygen atoms in total. The minimum absolute atomic E-state index is 0.182. The molecule has 3 rings (SSSR count). The molecule has 0 unspecified atom stereocenters. The highest BCUT2D eigenvalue weighted by molar-refractivity contribution is 8.18. The average molecular weight is 566 g/mol. The second-order valence-electron chi connectivity index (χ2n) is 8.40. The maximum absolute atomic E-state index is 13.0. The molecular formula is C27H30Cl2N2O5S. The van der Waals surface area contributed by atoms with Gasteiger partial charge in [-0.25, -0.2) is 0 Å². The number of nitrogens with zero attached hydrogens (tertiary/aromatic N) is 2. The van der Waals surface area contributed by atoms with Gasteiger partial charge in [-0.3, -0.25) is 19.3 Å². The third kappa shape index (κ3) is 7.43. The Morgan fingerprint density at radius 2 is 1.84 bits per heavy atom. The molecule has 0 aliphatic carbocycles. The van der Waals surface area contributed by atoms with E-state index in [2.05, 4.69) is 18.7 Å². The molecule has 1 aliphatic heterocycles. The van der Waals surface area contributed by atoms with Crippen LogP contribution in [-0.4, -0.2) is 47.8 Å². The van der Waals surface area contributed by atoms with Gasteiger partial charge in [0.15, 0.2) is 0 Å². The third-order valence-electron chi connectivity index (χ3n) is 5.88. The van der Waals surface area contributed by atoms with Crippen LogP contribution in [0.25, 0.3) is 6.08 Å². The molecule has 37 heavy (non-hydrogen) atoms. The van der Waals surface area contributed by atoms with Gasteiger partial charge < -0.3 is 14.4 Å². The van der Waals surface area contributed by atoms with Crippen LogP contribution in [0.15, 0.2) is 41.3 Å². The fourth-order valence-electron chi connectivity index (χ4n) is 3.60. The van der Waals surface area contributed by atoms with Crippen LogP contribution < -0.4 is 9.64 Å². The van der Waals surface area contributed by atoms with Gasteiger partial charge in [-0.1, -0.05) is 36.2 Å². The zero-order valence-electron chi connectivity index (χ0n) is 21.3. The van der Waals surface area contributed by atoms with E-state index in [9.17, 15) is 14.4 Å². The Morgan fingerprint density at radius 3 is 2.49 bits per heavy atom. The van der Waals surface area contributed by atoms with E-state index in [1.807, 2.05) is 25.1 Å². The normalized spacial score (nSPS) is 15.3. The molecule has 1 saturated heterocycles. The summed E-state index contributed by atoms with van der Waals surface area (Å²) in [5.74, 6) is -0.639. The van der Waals surface area contributed by atoms with Crippen molar-refractivity contribution in [2.24, 2.45) is 0 Å². The van der Waals surface area contributed by atoms with Crippen LogP contribution in [0.2, 0.25) is 10.0 Å². The molecule has 1 atom stereocenters. The van der Waals surface area contributed by atoms with Crippen molar-refractivity contribution in [2.45, 2.75) is 46.8 Å². The molecule has 0 N–H and O–H groups in total. The Hall–Kier alpha value is -2.68. The van der Waals surface area contributed by atoms with Crippen molar-refractivity contribution in [3.8, 4) is 5.75 Å². The average Bonchev–Trinajstić information content (AvgIpc) is 3.12. The van der Waals surface area contributed by atoms with Crippen molar-refractivity contribution in [1.29, 1.82) is 0 Å². The first-order chi connectivity index (χ1) is 17.7. The molecule has 2 aromatic carbocycles. The number of carbonyl (C=O) groups is 3. The highest BCUT2D eigenvalue weighted by Crippen LogP contribution is 2.36. The predicted molar refractivity (Wildman–Crippen MR) is 149 cm³/mol. The standard InChI is InChI=1S/C27H30Cl2N2O5S/c1-5-17(4)36-25(32)15-31-26(33)24(37-27(31)34)12-18-9-11-21(30(6-2)7-3)14-23(18)35-16-19-8-10-20(28)13-22(19)29/h8-14,17H,5-7,15-16H2,1-4H3/b24-12+/t17-/m1/s1. The predicted octanol–water partition coefficient (Wildman–Crippen LogP) is 6.80. The smallest absolute Gasteiger partial charge is 0.326 e. The van der Waals surface area contributed by atoms with Crippen LogP contribution in [0.5, 0.6) is 5.75 Å². The zero-order valence-corrected chi connectivity index (χ0v) is 23.6. The number of amides is 2. The Kier molecular flexibility index (Phi) is 10.3. The molecule has 1 heterocycles. The molecule has 2 amide bonds. The molecule has 198 valence electrons. The molecule has 0 aromatic heterocycles. The summed E-state index contributed by atoms with van der Waals surface area (Å²) >= 11 is 13.1. The fraction of sp³-hybridized carbons (Fsp3) is 0.370. The molecule has 1 aliphatic rings. The highest BCUT2D eigenvalue weighted by Gasteiger charge is 2.37. The zero-order chi connectivity index (χ0) is 27.1. The van der Waals surface area contributed by atoms with E-state index in [1.54, 1.807) is 31.2 Å². The molecule has 10 heteroatoms. The van der Waals surface area contributed by atoms with Gasteiger partial charge in [-0.05, 0) is 69.3 Å². The van der Waals surface area contributed by atoms with Crippen molar-refractivity contribution < 1.29 is 23.9 Å². The van der Waals surface area contributed by atoms with Crippen LogP contribution in [0.4, 0.5) is 10.5 Å². The minimum atomic E-state index is -0.620. The number of thioether (sulfide) groups is 1. The summed E-state index contributed by atoms with van der Waals surface area (Å²) in [6, 6.07) is 10.9. The minimum Gasteiger partial charge on any atom is -0.488 e. The monoisotopic (exact) mass is 564 g/mol. The first kappa shape index (κ1) is 28.9. The Morgan fingerprint density at radius 1 is 1.11 bits per heavy atom. The summed E-state index contributed by atoms with van der Waals surface area (Å²) in [6.45, 7) is 9.14. The van der Waals surface area contributed by atoms with Crippen molar-refractivity contribution in [2.75, 3.05) is 24.5 Å². The van der Waals surface area contributed by atoms with Gasteiger partial charge in [0, 0.05) is 46.0 Å². The van der Waals surface area contributed by atoms with E-state index in [-0.39, 0.29) is 17.6 Å². The molecule has 2 aromatic rings. The number of anilines is 1. The second kappa shape index (κ2) is 13.2. The van der Waals surface area contributed by atoms with E-state index in [0.29, 0.717) is 27.8 Å². The van der Waals surface area contributed by atoms with Gasteiger partial charge >= 0.3 is 5.97 Å². The topological polar surface area (TPSA) is 76.2 Å². The van der Waals surface area contributed by atoms with Crippen LogP contribution in [-0.2, 0) is 20.9 Å². The summed E-state index contributed by atoms with van der Waals surface area (Å²) in [5, 5.41) is 0.494. The lowest BCUT2D eigenvalue weighted by Gasteiger charge is -2.22. The van der Waals surface area contributed by atoms with Crippen molar-refractivity contribution in [3.05, 3.63) is 62.5 Å². The number of ether oxygens (including phenoxy) is 2. The van der Waals surface area contributed by atoms with Crippen molar-refractivity contribution in [1.82, 2.24) is 4.90 Å². The van der Waals surface area contributed by atoms with Gasteiger partial charge in [-0.15, -0.1) is 0 Å². The third-order valence-corrected chi connectivity index (χ3v) is 7.37. The molecular weight excluding hydrogens is 535 g/mol. The largest absolute Gasteiger partial charge is 0.488 e. The van der Waals surface area contributed by atoms with E-state index < -0.39 is 23.7 Å². The Balaban J connectivity index is 1.88. The fourth-order valence-corrected chi connectivity index (χ4v) is 4.89. The summed E-state index contributed by atoms with van der Waals surface area (Å²) < 4.78 is 11.4. The number of rotatable bonds is 11. The van der Waals surface area contributed by atoms with Crippen molar-refractivity contribution in [3.63, 3.8) is 0 Å². The van der Waals surface area contributed by atoms with Crippen LogP contribution in [0, 0.1) is 0 Å². The Labute approximate surface area is 231 Å². The Bertz CT molecular complexity index is 1200. The first-order valence-electron chi connectivity index (χ1n) is 12.1. The number of hydrogen-bond acceptors (Lipinski definition) is 7. The number of carbonyl (C=O) groups excluding carboxylic acids is 3. The SMILES string of the molecule is CC[C@@H](C)OC(=O)CN1C(=O)S/C(=C/c2ccc(N(CC)CC)cc2OCc2ccc(Cl)cc2Cl)C1=O. The summed E-state index contributed by atoms with van der Waals surface area (Å²) in [4.78, 5) is 40.9. The highest BCUT2D eigenvalue weighted by atomic mass is 35.5. The maximum Gasteiger partial charge on any atom is 0.326 e. The molecule has 0 saturated carbocycles.